The largest absolute Gasteiger partial charge is 0.409 e. The van der Waals surface area contributed by atoms with Crippen LogP contribution < -0.4 is 5.73 Å². The van der Waals surface area contributed by atoms with Crippen LogP contribution in [0, 0.1) is 11.3 Å². The number of nitrogens with two attached hydrogens (primary N) is 1. The van der Waals surface area contributed by atoms with Gasteiger partial charge in [0.15, 0.2) is 5.84 Å². The predicted octanol–water partition coefficient (Wildman–Crippen LogP) is 0.481. The zero-order chi connectivity index (χ0) is 11.6. The molecule has 0 aromatic rings. The van der Waals surface area contributed by atoms with E-state index in [1.807, 2.05) is 0 Å². The van der Waals surface area contributed by atoms with Gasteiger partial charge in [0.1, 0.15) is 0 Å². The number of oxime groups is 1. The van der Waals surface area contributed by atoms with Crippen molar-refractivity contribution in [2.75, 3.05) is 33.4 Å². The Balaban J connectivity index is 1.95. The normalized spacial score (nSPS) is 29.6. The highest BCUT2D eigenvalue weighted by Gasteiger charge is 2.49. The SMILES string of the molecule is COCC1CN(C/C(N)=N/O)CC12CCC2. The average Bonchev–Trinajstić information content (AvgIpc) is 2.57. The van der Waals surface area contributed by atoms with Gasteiger partial charge in [-0.05, 0) is 18.3 Å². The van der Waals surface area contributed by atoms with Crippen molar-refractivity contribution in [3.05, 3.63) is 0 Å². The Morgan fingerprint density at radius 3 is 2.88 bits per heavy atom. The molecule has 1 unspecified atom stereocenters. The lowest BCUT2D eigenvalue weighted by molar-refractivity contribution is 0.0369. The summed E-state index contributed by atoms with van der Waals surface area (Å²) in [7, 11) is 1.76. The minimum atomic E-state index is 0.299. The number of methoxy groups -OCH3 is 1. The summed E-state index contributed by atoms with van der Waals surface area (Å²) in [5.41, 5.74) is 6.00. The lowest BCUT2D eigenvalue weighted by atomic mass is 9.63. The summed E-state index contributed by atoms with van der Waals surface area (Å²) in [6, 6.07) is 0. The van der Waals surface area contributed by atoms with Gasteiger partial charge >= 0.3 is 0 Å². The average molecular weight is 227 g/mol. The highest BCUT2D eigenvalue weighted by Crippen LogP contribution is 2.51. The van der Waals surface area contributed by atoms with E-state index in [-0.39, 0.29) is 0 Å². The molecule has 1 saturated heterocycles. The van der Waals surface area contributed by atoms with Gasteiger partial charge in [-0.3, -0.25) is 4.90 Å². The molecule has 1 heterocycles. The topological polar surface area (TPSA) is 71.1 Å². The number of nitrogens with zero attached hydrogens (tertiary/aromatic N) is 2. The van der Waals surface area contributed by atoms with E-state index in [2.05, 4.69) is 10.1 Å². The fourth-order valence-corrected chi connectivity index (χ4v) is 3.15. The third-order valence-corrected chi connectivity index (χ3v) is 4.11. The van der Waals surface area contributed by atoms with Crippen molar-refractivity contribution in [1.29, 1.82) is 0 Å². The van der Waals surface area contributed by atoms with E-state index < -0.39 is 0 Å². The standard InChI is InChI=1S/C11H21N3O2/c1-16-7-9-5-14(6-10(12)13-15)8-11(9)3-2-4-11/h9,15H,2-8H2,1H3,(H2,12,13). The molecule has 0 bridgehead atoms. The van der Waals surface area contributed by atoms with E-state index >= 15 is 0 Å². The van der Waals surface area contributed by atoms with Crippen molar-refractivity contribution in [3.8, 4) is 0 Å². The molecule has 5 nitrogen and oxygen atoms in total. The van der Waals surface area contributed by atoms with Gasteiger partial charge < -0.3 is 15.7 Å². The Morgan fingerprint density at radius 1 is 1.62 bits per heavy atom. The molecule has 2 rings (SSSR count). The predicted molar refractivity (Wildman–Crippen MR) is 61.5 cm³/mol. The Kier molecular flexibility index (Phi) is 3.35. The lowest BCUT2D eigenvalue weighted by Gasteiger charge is -2.42. The summed E-state index contributed by atoms with van der Waals surface area (Å²) in [6.07, 6.45) is 3.93. The van der Waals surface area contributed by atoms with Crippen LogP contribution in [0.25, 0.3) is 0 Å². The van der Waals surface area contributed by atoms with Crippen LogP contribution in [-0.2, 0) is 4.74 Å². The molecule has 3 N–H and O–H groups in total. The zero-order valence-corrected chi connectivity index (χ0v) is 9.85. The highest BCUT2D eigenvalue weighted by atomic mass is 16.5. The van der Waals surface area contributed by atoms with Gasteiger partial charge in [-0.2, -0.15) is 0 Å². The van der Waals surface area contributed by atoms with Crippen LogP contribution in [0.15, 0.2) is 5.16 Å². The summed E-state index contributed by atoms with van der Waals surface area (Å²) in [5, 5.41) is 11.6. The zero-order valence-electron chi connectivity index (χ0n) is 9.85. The molecule has 1 saturated carbocycles. The van der Waals surface area contributed by atoms with E-state index in [0.29, 0.717) is 23.7 Å². The molecule has 92 valence electrons. The second-order valence-corrected chi connectivity index (χ2v) is 5.13. The summed E-state index contributed by atoms with van der Waals surface area (Å²) in [6.45, 7) is 3.46. The molecule has 0 aromatic carbocycles. The van der Waals surface area contributed by atoms with Gasteiger partial charge in [-0.1, -0.05) is 11.6 Å². The molecule has 1 aliphatic heterocycles. The highest BCUT2D eigenvalue weighted by molar-refractivity contribution is 5.81. The minimum Gasteiger partial charge on any atom is -0.409 e. The Morgan fingerprint density at radius 2 is 2.38 bits per heavy atom. The molecule has 0 aromatic heterocycles. The molecule has 16 heavy (non-hydrogen) atoms. The van der Waals surface area contributed by atoms with Gasteiger partial charge in [0.25, 0.3) is 0 Å². The number of amidine groups is 1. The van der Waals surface area contributed by atoms with Crippen molar-refractivity contribution in [2.45, 2.75) is 19.3 Å². The van der Waals surface area contributed by atoms with Crippen molar-refractivity contribution < 1.29 is 9.94 Å². The van der Waals surface area contributed by atoms with Crippen LogP contribution in [0.4, 0.5) is 0 Å². The lowest BCUT2D eigenvalue weighted by Crippen LogP contribution is -2.39. The Bertz CT molecular complexity index is 276. The van der Waals surface area contributed by atoms with Crippen LogP contribution in [0.2, 0.25) is 0 Å². The second-order valence-electron chi connectivity index (χ2n) is 5.13. The van der Waals surface area contributed by atoms with Crippen molar-refractivity contribution in [3.63, 3.8) is 0 Å². The third-order valence-electron chi connectivity index (χ3n) is 4.11. The summed E-state index contributed by atoms with van der Waals surface area (Å²) in [5.74, 6) is 0.908. The monoisotopic (exact) mass is 227 g/mol. The summed E-state index contributed by atoms with van der Waals surface area (Å²) < 4.78 is 5.30. The Labute approximate surface area is 96.2 Å². The number of ether oxygens (including phenoxy) is 1. The second kappa shape index (κ2) is 4.59. The van der Waals surface area contributed by atoms with E-state index in [1.54, 1.807) is 7.11 Å². The molecule has 1 spiro atoms. The van der Waals surface area contributed by atoms with Crippen LogP contribution in [0.3, 0.4) is 0 Å². The molecule has 0 amide bonds. The van der Waals surface area contributed by atoms with Crippen LogP contribution in [0.1, 0.15) is 19.3 Å². The van der Waals surface area contributed by atoms with E-state index in [0.717, 1.165) is 19.7 Å². The first-order chi connectivity index (χ1) is 7.70. The number of hydrogen-bond donors (Lipinski definition) is 2. The van der Waals surface area contributed by atoms with E-state index in [4.69, 9.17) is 15.7 Å². The maximum atomic E-state index is 8.58. The van der Waals surface area contributed by atoms with Crippen LogP contribution in [-0.4, -0.2) is 49.3 Å². The summed E-state index contributed by atoms with van der Waals surface area (Å²) >= 11 is 0. The molecule has 0 radical (unpaired) electrons. The quantitative estimate of drug-likeness (QED) is 0.317. The van der Waals surface area contributed by atoms with E-state index in [9.17, 15) is 0 Å². The van der Waals surface area contributed by atoms with Crippen molar-refractivity contribution in [1.82, 2.24) is 4.90 Å². The van der Waals surface area contributed by atoms with Gasteiger partial charge in [0, 0.05) is 26.1 Å². The molecular formula is C11H21N3O2. The summed E-state index contributed by atoms with van der Waals surface area (Å²) in [4.78, 5) is 2.28. The fourth-order valence-electron chi connectivity index (χ4n) is 3.15. The third kappa shape index (κ3) is 2.01. The number of rotatable bonds is 4. The van der Waals surface area contributed by atoms with Gasteiger partial charge in [0.2, 0.25) is 0 Å². The van der Waals surface area contributed by atoms with Crippen LogP contribution >= 0.6 is 0 Å². The van der Waals surface area contributed by atoms with Gasteiger partial charge in [0.05, 0.1) is 13.2 Å². The van der Waals surface area contributed by atoms with Crippen LogP contribution in [0.5, 0.6) is 0 Å². The minimum absolute atomic E-state index is 0.299. The van der Waals surface area contributed by atoms with Crippen molar-refractivity contribution in [2.24, 2.45) is 22.2 Å². The first-order valence-corrected chi connectivity index (χ1v) is 5.88. The fraction of sp³-hybridized carbons (Fsp3) is 0.909. The maximum Gasteiger partial charge on any atom is 0.153 e. The number of likely N-dealkylation sites (tertiary alicyclic amines) is 1. The Hall–Kier alpha value is -0.810. The maximum absolute atomic E-state index is 8.58. The molecule has 2 aliphatic rings. The van der Waals surface area contributed by atoms with Gasteiger partial charge in [-0.25, -0.2) is 0 Å². The van der Waals surface area contributed by atoms with Crippen molar-refractivity contribution >= 4 is 5.84 Å². The molecule has 1 atom stereocenters. The molecule has 1 aliphatic carbocycles. The van der Waals surface area contributed by atoms with Gasteiger partial charge in [-0.15, -0.1) is 0 Å². The molecule has 5 heteroatoms. The molecule has 2 fully saturated rings. The van der Waals surface area contributed by atoms with E-state index in [1.165, 1.54) is 19.3 Å². The first kappa shape index (κ1) is 11.7. The molecular weight excluding hydrogens is 206 g/mol. The smallest absolute Gasteiger partial charge is 0.153 e. The number of hydrogen-bond acceptors (Lipinski definition) is 4. The first-order valence-electron chi connectivity index (χ1n) is 5.88.